The van der Waals surface area contributed by atoms with E-state index in [2.05, 4.69) is 20.5 Å². The number of hydrogen-bond acceptors (Lipinski definition) is 5. The third kappa shape index (κ3) is 3.01. The molecule has 7 nitrogen and oxygen atoms in total. The van der Waals surface area contributed by atoms with Crippen molar-refractivity contribution in [1.82, 2.24) is 14.8 Å². The molecule has 1 saturated heterocycles. The molecule has 4 saturated carbocycles. The van der Waals surface area contributed by atoms with Crippen LogP contribution in [-0.4, -0.2) is 65.4 Å². The van der Waals surface area contributed by atoms with Crippen LogP contribution in [0, 0.1) is 23.7 Å². The Morgan fingerprint density at radius 3 is 2.38 bits per heavy atom. The molecule has 0 spiro atoms. The van der Waals surface area contributed by atoms with Crippen LogP contribution in [-0.2, 0) is 4.79 Å². The number of rotatable bonds is 2. The number of piperazine rings is 1. The van der Waals surface area contributed by atoms with E-state index in [4.69, 9.17) is 0 Å². The number of amides is 2. The van der Waals surface area contributed by atoms with Crippen molar-refractivity contribution < 1.29 is 9.59 Å². The van der Waals surface area contributed by atoms with Gasteiger partial charge in [-0.1, -0.05) is 0 Å². The zero-order valence-corrected chi connectivity index (χ0v) is 16.8. The lowest BCUT2D eigenvalue weighted by molar-refractivity contribution is -0.114. The molecule has 2 amide bonds. The Hall–Kier alpha value is -2.15. The molecule has 4 aliphatic carbocycles. The van der Waals surface area contributed by atoms with Crippen LogP contribution in [0.3, 0.4) is 0 Å². The smallest absolute Gasteiger partial charge is 0.255 e. The minimum Gasteiger partial charge on any atom is -0.359 e. The van der Waals surface area contributed by atoms with Crippen LogP contribution in [0.5, 0.6) is 0 Å². The Balaban J connectivity index is 1.12. The maximum Gasteiger partial charge on any atom is 0.255 e. The van der Waals surface area contributed by atoms with Crippen molar-refractivity contribution in [2.45, 2.75) is 38.1 Å². The van der Waals surface area contributed by atoms with Gasteiger partial charge in [0.25, 0.3) is 5.91 Å². The van der Waals surface area contributed by atoms with E-state index >= 15 is 0 Å². The summed E-state index contributed by atoms with van der Waals surface area (Å²) in [4.78, 5) is 33.6. The number of fused-ring (bicyclic) bond motifs is 1. The fourth-order valence-corrected chi connectivity index (χ4v) is 7.07. The van der Waals surface area contributed by atoms with Crippen molar-refractivity contribution in [2.24, 2.45) is 23.7 Å². The first kappa shape index (κ1) is 17.7. The van der Waals surface area contributed by atoms with Gasteiger partial charge in [-0.25, -0.2) is 4.98 Å². The molecule has 0 atom stereocenters. The van der Waals surface area contributed by atoms with E-state index in [0.717, 1.165) is 55.9 Å². The quantitative estimate of drug-likeness (QED) is 0.801. The van der Waals surface area contributed by atoms with Crippen molar-refractivity contribution in [2.75, 3.05) is 43.4 Å². The fraction of sp³-hybridized carbons (Fsp3) is 0.682. The summed E-state index contributed by atoms with van der Waals surface area (Å²) < 4.78 is 0. The Morgan fingerprint density at radius 2 is 1.69 bits per heavy atom. The fourth-order valence-electron chi connectivity index (χ4n) is 7.07. The van der Waals surface area contributed by atoms with Gasteiger partial charge in [0.15, 0.2) is 0 Å². The van der Waals surface area contributed by atoms with Crippen LogP contribution in [0.2, 0.25) is 0 Å². The topological polar surface area (TPSA) is 77.6 Å². The zero-order chi connectivity index (χ0) is 19.5. The number of nitrogens with one attached hydrogen (secondary N) is 2. The molecule has 6 aliphatic rings. The summed E-state index contributed by atoms with van der Waals surface area (Å²) in [6.45, 7) is 3.75. The lowest BCUT2D eigenvalue weighted by Gasteiger charge is -2.58. The molecular formula is C22H29N5O2. The molecule has 5 fully saturated rings. The van der Waals surface area contributed by atoms with Crippen LogP contribution in [0.1, 0.15) is 42.5 Å². The molecular weight excluding hydrogens is 366 g/mol. The van der Waals surface area contributed by atoms with Crippen LogP contribution >= 0.6 is 0 Å². The van der Waals surface area contributed by atoms with Gasteiger partial charge >= 0.3 is 0 Å². The molecule has 0 radical (unpaired) electrons. The number of nitrogens with zero attached hydrogens (tertiary/aromatic N) is 3. The second kappa shape index (κ2) is 6.69. The number of pyridine rings is 1. The molecule has 1 aromatic rings. The first-order valence-electron chi connectivity index (χ1n) is 11.2. The number of anilines is 2. The summed E-state index contributed by atoms with van der Waals surface area (Å²) in [5, 5.41) is 5.77. The second-order valence-electron chi connectivity index (χ2n) is 9.77. The molecule has 7 rings (SSSR count). The monoisotopic (exact) mass is 395 g/mol. The molecule has 2 aliphatic heterocycles. The van der Waals surface area contributed by atoms with Crippen LogP contribution < -0.4 is 10.6 Å². The molecule has 0 unspecified atom stereocenters. The Bertz CT molecular complexity index is 820. The summed E-state index contributed by atoms with van der Waals surface area (Å²) in [5.41, 5.74) is 1.15. The number of carbonyl (C=O) groups is 2. The summed E-state index contributed by atoms with van der Waals surface area (Å²) >= 11 is 0. The highest BCUT2D eigenvalue weighted by Gasteiger charge is 2.50. The van der Waals surface area contributed by atoms with E-state index in [1.807, 2.05) is 4.90 Å². The van der Waals surface area contributed by atoms with Crippen LogP contribution in [0.15, 0.2) is 12.3 Å². The van der Waals surface area contributed by atoms with E-state index in [0.29, 0.717) is 17.1 Å². The van der Waals surface area contributed by atoms with Crippen LogP contribution in [0.4, 0.5) is 11.5 Å². The molecule has 2 N–H and O–H groups in total. The Morgan fingerprint density at radius 1 is 1.00 bits per heavy atom. The van der Waals surface area contributed by atoms with Gasteiger partial charge in [0.2, 0.25) is 5.91 Å². The first-order valence-corrected chi connectivity index (χ1v) is 11.2. The molecule has 0 aromatic carbocycles. The SMILES string of the molecule is O=C1CNc2ncc(C(=O)N3CCN(C4C5CC6CC(C5)CC4C6)CC3)cc2N1. The van der Waals surface area contributed by atoms with Crippen molar-refractivity contribution in [3.63, 3.8) is 0 Å². The van der Waals surface area contributed by atoms with E-state index in [-0.39, 0.29) is 18.4 Å². The predicted octanol–water partition coefficient (Wildman–Crippen LogP) is 2.03. The molecule has 4 bridgehead atoms. The predicted molar refractivity (Wildman–Crippen MR) is 110 cm³/mol. The zero-order valence-electron chi connectivity index (χ0n) is 16.8. The maximum atomic E-state index is 13.0. The van der Waals surface area contributed by atoms with E-state index in [1.54, 1.807) is 12.3 Å². The van der Waals surface area contributed by atoms with Gasteiger partial charge in [-0.15, -0.1) is 0 Å². The van der Waals surface area contributed by atoms with E-state index in [9.17, 15) is 9.59 Å². The second-order valence-corrected chi connectivity index (χ2v) is 9.77. The number of aromatic nitrogens is 1. The Kier molecular flexibility index (Phi) is 4.08. The van der Waals surface area contributed by atoms with Gasteiger partial charge in [-0.2, -0.15) is 0 Å². The largest absolute Gasteiger partial charge is 0.359 e. The lowest BCUT2D eigenvalue weighted by atomic mass is 9.54. The molecule has 3 heterocycles. The average Bonchev–Trinajstić information content (AvgIpc) is 2.72. The van der Waals surface area contributed by atoms with Gasteiger partial charge in [0, 0.05) is 38.4 Å². The molecule has 1 aromatic heterocycles. The normalized spacial score (nSPS) is 35.8. The van der Waals surface area contributed by atoms with Crippen molar-refractivity contribution in [3.8, 4) is 0 Å². The third-order valence-electron chi connectivity index (χ3n) is 8.03. The van der Waals surface area contributed by atoms with Gasteiger partial charge in [-0.05, 0) is 61.8 Å². The minimum absolute atomic E-state index is 0.0184. The Labute approximate surface area is 171 Å². The maximum absolute atomic E-state index is 13.0. The van der Waals surface area contributed by atoms with Gasteiger partial charge in [-0.3, -0.25) is 14.5 Å². The molecule has 154 valence electrons. The summed E-state index contributed by atoms with van der Waals surface area (Å²) in [6, 6.07) is 2.51. The van der Waals surface area contributed by atoms with Crippen LogP contribution in [0.25, 0.3) is 0 Å². The number of hydrogen-bond donors (Lipinski definition) is 2. The lowest BCUT2D eigenvalue weighted by Crippen LogP contribution is -2.60. The van der Waals surface area contributed by atoms with Gasteiger partial charge < -0.3 is 15.5 Å². The highest BCUT2D eigenvalue weighted by molar-refractivity contribution is 6.02. The average molecular weight is 396 g/mol. The first-order chi connectivity index (χ1) is 14.1. The van der Waals surface area contributed by atoms with Crippen molar-refractivity contribution in [3.05, 3.63) is 17.8 Å². The highest BCUT2D eigenvalue weighted by Crippen LogP contribution is 2.55. The summed E-state index contributed by atoms with van der Waals surface area (Å²) in [5.74, 6) is 4.35. The van der Waals surface area contributed by atoms with Crippen molar-refractivity contribution >= 4 is 23.3 Å². The molecule has 7 heteroatoms. The standard InChI is InChI=1S/C22H29N5O2/c28-19-12-24-21-18(25-19)10-17(11-23-21)22(29)27-3-1-26(2-4-27)20-15-6-13-5-14(8-15)9-16(20)7-13/h10-11,13-16,20H,1-9,12H2,(H,23,24)(H,25,28). The van der Waals surface area contributed by atoms with Crippen molar-refractivity contribution in [1.29, 1.82) is 0 Å². The summed E-state index contributed by atoms with van der Waals surface area (Å²) in [7, 11) is 0. The third-order valence-corrected chi connectivity index (χ3v) is 8.03. The van der Waals surface area contributed by atoms with Gasteiger partial charge in [0.05, 0.1) is 17.8 Å². The summed E-state index contributed by atoms with van der Waals surface area (Å²) in [6.07, 6.45) is 8.88. The number of carbonyl (C=O) groups excluding carboxylic acids is 2. The van der Waals surface area contributed by atoms with E-state index in [1.165, 1.54) is 32.1 Å². The van der Waals surface area contributed by atoms with E-state index < -0.39 is 0 Å². The van der Waals surface area contributed by atoms with Gasteiger partial charge in [0.1, 0.15) is 5.82 Å². The highest BCUT2D eigenvalue weighted by atomic mass is 16.2. The minimum atomic E-state index is -0.104. The molecule has 29 heavy (non-hydrogen) atoms.